The maximum absolute atomic E-state index is 12.9. The molecule has 2 N–H and O–H groups in total. The van der Waals surface area contributed by atoms with Gasteiger partial charge in [-0.15, -0.1) is 0 Å². The summed E-state index contributed by atoms with van der Waals surface area (Å²) in [6.07, 6.45) is 0. The molecule has 0 bridgehead atoms. The molecule has 0 radical (unpaired) electrons. The van der Waals surface area contributed by atoms with Gasteiger partial charge in [-0.3, -0.25) is 4.79 Å². The molecule has 1 aromatic carbocycles. The SMILES string of the molecule is COCCn1c(C)c2c(=O)n(-c3[nH+]c4ccccc4s3)[nH]c2cc1=O. The zero-order chi connectivity index (χ0) is 17.6. The molecule has 0 unspecified atom stereocenters. The van der Waals surface area contributed by atoms with Crippen molar-refractivity contribution in [2.75, 3.05) is 13.7 Å². The monoisotopic (exact) mass is 357 g/mol. The van der Waals surface area contributed by atoms with E-state index in [1.807, 2.05) is 24.3 Å². The molecule has 0 saturated heterocycles. The average Bonchev–Trinajstić information content (AvgIpc) is 3.15. The lowest BCUT2D eigenvalue weighted by atomic mass is 10.2. The van der Waals surface area contributed by atoms with Gasteiger partial charge < -0.3 is 9.30 Å². The minimum atomic E-state index is -0.179. The maximum atomic E-state index is 12.9. The molecule has 3 aromatic heterocycles. The van der Waals surface area contributed by atoms with Crippen LogP contribution in [0.3, 0.4) is 0 Å². The Hall–Kier alpha value is -2.71. The minimum Gasteiger partial charge on any atom is -0.383 e. The number of aromatic amines is 2. The van der Waals surface area contributed by atoms with Gasteiger partial charge in [0.25, 0.3) is 5.56 Å². The summed E-state index contributed by atoms with van der Waals surface area (Å²) in [6.45, 7) is 2.61. The van der Waals surface area contributed by atoms with Crippen molar-refractivity contribution in [3.63, 3.8) is 0 Å². The molecular formula is C17H17N4O3S+. The quantitative estimate of drug-likeness (QED) is 0.600. The standard InChI is InChI=1S/C17H16N4O3S/c1-10-15-12(9-14(22)20(10)7-8-24-2)19-21(16(15)23)17-18-11-5-3-4-6-13(11)25-17/h3-6,9,19H,7-8H2,1-2H3/p+1. The number of nitrogens with one attached hydrogen (secondary N) is 2. The molecule has 7 nitrogen and oxygen atoms in total. The number of aryl methyl sites for hydroxylation is 1. The van der Waals surface area contributed by atoms with Gasteiger partial charge >= 0.3 is 10.7 Å². The molecule has 0 amide bonds. The Kier molecular flexibility index (Phi) is 3.78. The van der Waals surface area contributed by atoms with E-state index in [4.69, 9.17) is 4.74 Å². The Morgan fingerprint density at radius 1 is 1.28 bits per heavy atom. The second-order valence-electron chi connectivity index (χ2n) is 5.78. The number of methoxy groups -OCH3 is 1. The third-order valence-electron chi connectivity index (χ3n) is 4.28. The van der Waals surface area contributed by atoms with Crippen molar-refractivity contribution in [3.8, 4) is 5.13 Å². The van der Waals surface area contributed by atoms with Gasteiger partial charge in [-0.1, -0.05) is 16.8 Å². The van der Waals surface area contributed by atoms with E-state index in [9.17, 15) is 9.59 Å². The van der Waals surface area contributed by atoms with Crippen LogP contribution in [0.1, 0.15) is 5.69 Å². The summed E-state index contributed by atoms with van der Waals surface area (Å²) in [6, 6.07) is 9.31. The summed E-state index contributed by atoms with van der Waals surface area (Å²) in [4.78, 5) is 28.5. The molecule has 8 heteroatoms. The van der Waals surface area contributed by atoms with Crippen LogP contribution < -0.4 is 16.1 Å². The van der Waals surface area contributed by atoms with Crippen molar-refractivity contribution in [1.82, 2.24) is 14.3 Å². The van der Waals surface area contributed by atoms with E-state index in [0.717, 1.165) is 10.2 Å². The van der Waals surface area contributed by atoms with Gasteiger partial charge in [0.15, 0.2) is 0 Å². The molecule has 0 aliphatic heterocycles. The third-order valence-corrected chi connectivity index (χ3v) is 5.33. The molecule has 25 heavy (non-hydrogen) atoms. The van der Waals surface area contributed by atoms with Crippen LogP contribution in [0, 0.1) is 6.92 Å². The lowest BCUT2D eigenvalue weighted by Gasteiger charge is -2.08. The topological polar surface area (TPSA) is 83.2 Å². The second kappa shape index (κ2) is 5.98. The Labute approximate surface area is 146 Å². The van der Waals surface area contributed by atoms with Crippen LogP contribution in [-0.2, 0) is 11.3 Å². The van der Waals surface area contributed by atoms with E-state index in [1.165, 1.54) is 22.1 Å². The number of benzene rings is 1. The van der Waals surface area contributed by atoms with Crippen LogP contribution in [-0.4, -0.2) is 28.1 Å². The fraction of sp³-hybridized carbons (Fsp3) is 0.235. The average molecular weight is 357 g/mol. The molecule has 0 aliphatic rings. The minimum absolute atomic E-state index is 0.157. The van der Waals surface area contributed by atoms with Crippen LogP contribution in [0.5, 0.6) is 0 Å². The van der Waals surface area contributed by atoms with Gasteiger partial charge in [0, 0.05) is 25.4 Å². The van der Waals surface area contributed by atoms with Crippen molar-refractivity contribution in [3.05, 3.63) is 56.7 Å². The van der Waals surface area contributed by atoms with E-state index < -0.39 is 0 Å². The number of aromatic nitrogens is 4. The van der Waals surface area contributed by atoms with Gasteiger partial charge in [-0.05, 0) is 30.4 Å². The van der Waals surface area contributed by atoms with Crippen LogP contribution in [0.4, 0.5) is 0 Å². The van der Waals surface area contributed by atoms with Crippen molar-refractivity contribution in [1.29, 1.82) is 0 Å². The summed E-state index contributed by atoms with van der Waals surface area (Å²) in [5.41, 5.74) is 1.80. The molecule has 0 saturated carbocycles. The highest BCUT2D eigenvalue weighted by Crippen LogP contribution is 2.20. The molecule has 0 fully saturated rings. The Balaban J connectivity index is 1.94. The number of ether oxygens (including phenoxy) is 1. The molecule has 3 heterocycles. The van der Waals surface area contributed by atoms with Crippen LogP contribution >= 0.6 is 11.3 Å². The van der Waals surface area contributed by atoms with Crippen molar-refractivity contribution in [2.24, 2.45) is 0 Å². The largest absolute Gasteiger partial charge is 0.383 e. The molecule has 0 spiro atoms. The first-order valence-electron chi connectivity index (χ1n) is 7.85. The molecule has 4 aromatic rings. The fourth-order valence-electron chi connectivity index (χ4n) is 3.02. The van der Waals surface area contributed by atoms with Crippen LogP contribution in [0.25, 0.3) is 26.3 Å². The highest BCUT2D eigenvalue weighted by Gasteiger charge is 2.22. The van der Waals surface area contributed by atoms with Crippen LogP contribution in [0.15, 0.2) is 39.9 Å². The lowest BCUT2D eigenvalue weighted by molar-refractivity contribution is -0.334. The first-order chi connectivity index (χ1) is 12.1. The van der Waals surface area contributed by atoms with Gasteiger partial charge in [-0.25, -0.2) is 14.9 Å². The number of para-hydroxylation sites is 1. The number of hydrogen-bond donors (Lipinski definition) is 1. The summed E-state index contributed by atoms with van der Waals surface area (Å²) in [7, 11) is 1.58. The second-order valence-corrected chi connectivity index (χ2v) is 6.81. The predicted molar refractivity (Wildman–Crippen MR) is 96.7 cm³/mol. The molecule has 128 valence electrons. The lowest BCUT2D eigenvalue weighted by Crippen LogP contribution is -2.25. The summed E-state index contributed by atoms with van der Waals surface area (Å²) < 4.78 is 9.14. The maximum Gasteiger partial charge on any atom is 0.369 e. The van der Waals surface area contributed by atoms with Gasteiger partial charge in [-0.2, -0.15) is 0 Å². The third kappa shape index (κ3) is 2.50. The number of hydrogen-bond acceptors (Lipinski definition) is 4. The number of thiazole rings is 1. The van der Waals surface area contributed by atoms with Gasteiger partial charge in [0.05, 0.1) is 16.8 Å². The number of rotatable bonds is 4. The first-order valence-corrected chi connectivity index (χ1v) is 8.67. The summed E-state index contributed by atoms with van der Waals surface area (Å²) in [5.74, 6) is 0. The molecule has 0 atom stereocenters. The van der Waals surface area contributed by atoms with Crippen molar-refractivity contribution < 1.29 is 9.72 Å². The zero-order valence-electron chi connectivity index (χ0n) is 13.8. The van der Waals surface area contributed by atoms with E-state index >= 15 is 0 Å². The van der Waals surface area contributed by atoms with Crippen molar-refractivity contribution >= 4 is 32.5 Å². The number of H-pyrrole nitrogens is 2. The predicted octanol–water partition coefficient (Wildman–Crippen LogP) is 1.46. The molecule has 0 aliphatic carbocycles. The smallest absolute Gasteiger partial charge is 0.369 e. The van der Waals surface area contributed by atoms with Crippen LogP contribution in [0.2, 0.25) is 0 Å². The van der Waals surface area contributed by atoms with Gasteiger partial charge in [0.1, 0.15) is 10.9 Å². The first kappa shape index (κ1) is 15.8. The molecule has 4 rings (SSSR count). The van der Waals surface area contributed by atoms with E-state index in [0.29, 0.717) is 34.9 Å². The van der Waals surface area contributed by atoms with Crippen molar-refractivity contribution in [2.45, 2.75) is 13.5 Å². The molecular weight excluding hydrogens is 340 g/mol. The highest BCUT2D eigenvalue weighted by atomic mass is 32.1. The summed E-state index contributed by atoms with van der Waals surface area (Å²) >= 11 is 1.48. The zero-order valence-corrected chi connectivity index (χ0v) is 14.6. The normalized spacial score (nSPS) is 11.6. The Morgan fingerprint density at radius 2 is 2.08 bits per heavy atom. The Bertz CT molecular complexity index is 1170. The Morgan fingerprint density at radius 3 is 2.84 bits per heavy atom. The van der Waals surface area contributed by atoms with E-state index in [-0.39, 0.29) is 11.1 Å². The number of fused-ring (bicyclic) bond motifs is 2. The van der Waals surface area contributed by atoms with E-state index in [2.05, 4.69) is 10.1 Å². The van der Waals surface area contributed by atoms with Gasteiger partial charge in [0.2, 0.25) is 0 Å². The number of pyridine rings is 1. The highest BCUT2D eigenvalue weighted by molar-refractivity contribution is 7.20. The van der Waals surface area contributed by atoms with E-state index in [1.54, 1.807) is 18.6 Å². The summed E-state index contributed by atoms with van der Waals surface area (Å²) in [5, 5.41) is 4.24. The number of nitrogens with zero attached hydrogens (tertiary/aromatic N) is 2. The fourth-order valence-corrected chi connectivity index (χ4v) is 3.98.